The molecular weight excluding hydrogens is 373 g/mol. The normalized spacial score (nSPS) is 16.5. The lowest BCUT2D eigenvalue weighted by molar-refractivity contribution is -0.131. The Morgan fingerprint density at radius 1 is 1.07 bits per heavy atom. The first-order valence-electron chi connectivity index (χ1n) is 9.84. The van der Waals surface area contributed by atoms with Crippen LogP contribution in [0.4, 0.5) is 15.8 Å². The molecule has 0 unspecified atom stereocenters. The van der Waals surface area contributed by atoms with E-state index in [-0.39, 0.29) is 30.7 Å². The molecule has 0 aromatic heterocycles. The van der Waals surface area contributed by atoms with Gasteiger partial charge in [-0.15, -0.1) is 0 Å². The number of fused-ring (bicyclic) bond motifs is 1. The van der Waals surface area contributed by atoms with Crippen LogP contribution in [-0.4, -0.2) is 56.0 Å². The van der Waals surface area contributed by atoms with Crippen LogP contribution in [0, 0.1) is 12.7 Å². The maximum absolute atomic E-state index is 14.0. The van der Waals surface area contributed by atoms with E-state index in [0.717, 1.165) is 11.3 Å². The van der Waals surface area contributed by atoms with Crippen molar-refractivity contribution in [2.24, 2.45) is 0 Å². The predicted molar refractivity (Wildman–Crippen MR) is 109 cm³/mol. The van der Waals surface area contributed by atoms with Gasteiger partial charge in [-0.1, -0.05) is 18.2 Å². The first-order chi connectivity index (χ1) is 14.0. The number of benzene rings is 2. The van der Waals surface area contributed by atoms with Crippen molar-refractivity contribution >= 4 is 23.2 Å². The zero-order chi connectivity index (χ0) is 20.4. The summed E-state index contributed by atoms with van der Waals surface area (Å²) in [6.45, 7) is 4.53. The Balaban J connectivity index is 1.35. The van der Waals surface area contributed by atoms with E-state index in [1.54, 1.807) is 21.9 Å². The van der Waals surface area contributed by atoms with Gasteiger partial charge in [0.1, 0.15) is 11.6 Å². The Labute approximate surface area is 169 Å². The summed E-state index contributed by atoms with van der Waals surface area (Å²) < 4.78 is 19.5. The molecule has 0 bridgehead atoms. The van der Waals surface area contributed by atoms with Crippen molar-refractivity contribution in [3.8, 4) is 5.75 Å². The average molecular weight is 397 g/mol. The summed E-state index contributed by atoms with van der Waals surface area (Å²) in [5, 5.41) is 0. The molecule has 0 atom stereocenters. The summed E-state index contributed by atoms with van der Waals surface area (Å²) in [5.41, 5.74) is 2.33. The summed E-state index contributed by atoms with van der Waals surface area (Å²) >= 11 is 0. The second kappa shape index (κ2) is 8.11. The molecule has 2 aromatic rings. The average Bonchev–Trinajstić information content (AvgIpc) is 2.73. The molecule has 0 saturated carbocycles. The Morgan fingerprint density at radius 3 is 2.59 bits per heavy atom. The fraction of sp³-hybridized carbons (Fsp3) is 0.364. The molecule has 152 valence electrons. The van der Waals surface area contributed by atoms with Crippen LogP contribution in [0.15, 0.2) is 42.5 Å². The van der Waals surface area contributed by atoms with Gasteiger partial charge in [0.2, 0.25) is 5.91 Å². The minimum Gasteiger partial charge on any atom is -0.482 e. The third kappa shape index (κ3) is 4.04. The van der Waals surface area contributed by atoms with Crippen molar-refractivity contribution < 1.29 is 18.7 Å². The van der Waals surface area contributed by atoms with Gasteiger partial charge in [0.25, 0.3) is 5.91 Å². The minimum absolute atomic E-state index is 0.00618. The van der Waals surface area contributed by atoms with Crippen molar-refractivity contribution in [3.63, 3.8) is 0 Å². The highest BCUT2D eigenvalue weighted by molar-refractivity contribution is 5.98. The number of piperazine rings is 1. The van der Waals surface area contributed by atoms with Crippen molar-refractivity contribution in [2.75, 3.05) is 49.1 Å². The molecule has 2 heterocycles. The van der Waals surface area contributed by atoms with Crippen molar-refractivity contribution in [2.45, 2.75) is 13.3 Å². The molecule has 2 aliphatic heterocycles. The third-order valence-corrected chi connectivity index (χ3v) is 5.43. The molecule has 2 aromatic carbocycles. The van der Waals surface area contributed by atoms with E-state index < -0.39 is 0 Å². The molecule has 2 amide bonds. The highest BCUT2D eigenvalue weighted by Crippen LogP contribution is 2.33. The van der Waals surface area contributed by atoms with Crippen LogP contribution < -0.4 is 14.5 Å². The van der Waals surface area contributed by atoms with Gasteiger partial charge >= 0.3 is 0 Å². The van der Waals surface area contributed by atoms with Gasteiger partial charge in [-0.2, -0.15) is 0 Å². The summed E-state index contributed by atoms with van der Waals surface area (Å²) in [6, 6.07) is 12.4. The molecular formula is C22H24FN3O3. The number of rotatable bonds is 4. The Hall–Kier alpha value is -3.09. The number of nitrogens with zero attached hydrogens (tertiary/aromatic N) is 3. The zero-order valence-electron chi connectivity index (χ0n) is 16.4. The van der Waals surface area contributed by atoms with Gasteiger partial charge in [-0.3, -0.25) is 9.59 Å². The van der Waals surface area contributed by atoms with Crippen LogP contribution in [-0.2, 0) is 9.59 Å². The Morgan fingerprint density at radius 2 is 1.83 bits per heavy atom. The largest absolute Gasteiger partial charge is 0.482 e. The molecule has 0 N–H and O–H groups in total. The first-order valence-corrected chi connectivity index (χ1v) is 9.84. The van der Waals surface area contributed by atoms with Crippen molar-refractivity contribution in [1.29, 1.82) is 0 Å². The number of para-hydroxylation sites is 1. The Bertz CT molecular complexity index is 925. The monoisotopic (exact) mass is 397 g/mol. The summed E-state index contributed by atoms with van der Waals surface area (Å²) in [6.07, 6.45) is 0.249. The van der Waals surface area contributed by atoms with Crippen LogP contribution in [0.5, 0.6) is 5.75 Å². The topological polar surface area (TPSA) is 53.1 Å². The highest BCUT2D eigenvalue weighted by atomic mass is 19.1. The molecule has 29 heavy (non-hydrogen) atoms. The van der Waals surface area contributed by atoms with E-state index in [1.165, 1.54) is 6.07 Å². The van der Waals surface area contributed by atoms with Crippen LogP contribution in [0.25, 0.3) is 0 Å². The fourth-order valence-corrected chi connectivity index (χ4v) is 3.83. The molecule has 4 rings (SSSR count). The number of anilines is 2. The molecule has 0 aliphatic carbocycles. The lowest BCUT2D eigenvalue weighted by Gasteiger charge is -2.36. The van der Waals surface area contributed by atoms with E-state index in [2.05, 4.69) is 0 Å². The molecule has 1 saturated heterocycles. The first kappa shape index (κ1) is 19.2. The van der Waals surface area contributed by atoms with Gasteiger partial charge < -0.3 is 19.4 Å². The number of hydrogen-bond acceptors (Lipinski definition) is 4. The second-order valence-electron chi connectivity index (χ2n) is 7.37. The van der Waals surface area contributed by atoms with Gasteiger partial charge in [0.15, 0.2) is 6.61 Å². The molecule has 7 heteroatoms. The van der Waals surface area contributed by atoms with Gasteiger partial charge in [-0.05, 0) is 36.8 Å². The van der Waals surface area contributed by atoms with Crippen molar-refractivity contribution in [1.82, 2.24) is 4.90 Å². The van der Waals surface area contributed by atoms with Crippen LogP contribution in [0.1, 0.15) is 12.0 Å². The lowest BCUT2D eigenvalue weighted by Crippen LogP contribution is -2.50. The number of ether oxygens (including phenoxy) is 1. The van der Waals surface area contributed by atoms with E-state index in [4.69, 9.17) is 4.74 Å². The second-order valence-corrected chi connectivity index (χ2v) is 7.37. The number of hydrogen-bond donors (Lipinski definition) is 0. The quantitative estimate of drug-likeness (QED) is 0.796. The fourth-order valence-electron chi connectivity index (χ4n) is 3.83. The van der Waals surface area contributed by atoms with Crippen LogP contribution in [0.2, 0.25) is 0 Å². The minimum atomic E-state index is -0.243. The number of carbonyl (C=O) groups is 2. The lowest BCUT2D eigenvalue weighted by atomic mass is 10.1. The molecule has 0 spiro atoms. The van der Waals surface area contributed by atoms with E-state index in [1.807, 2.05) is 36.1 Å². The number of carbonyl (C=O) groups excluding carboxylic acids is 2. The van der Waals surface area contributed by atoms with Crippen LogP contribution in [0.3, 0.4) is 0 Å². The van der Waals surface area contributed by atoms with E-state index in [0.29, 0.717) is 44.2 Å². The van der Waals surface area contributed by atoms with E-state index in [9.17, 15) is 14.0 Å². The third-order valence-electron chi connectivity index (χ3n) is 5.43. The standard InChI is InChI=1S/C22H24FN3O3/c1-16-6-7-20-19(14-16)26(22(28)15-29-20)9-8-21(27)25-12-10-24(11-13-25)18-5-3-2-4-17(18)23/h2-7,14H,8-13,15H2,1H3. The number of amides is 2. The van der Waals surface area contributed by atoms with Gasteiger partial charge in [0, 0.05) is 39.1 Å². The molecule has 2 aliphatic rings. The maximum Gasteiger partial charge on any atom is 0.265 e. The predicted octanol–water partition coefficient (Wildman–Crippen LogP) is 2.60. The van der Waals surface area contributed by atoms with Crippen molar-refractivity contribution in [3.05, 3.63) is 53.8 Å². The Kier molecular flexibility index (Phi) is 5.38. The smallest absolute Gasteiger partial charge is 0.265 e. The summed E-state index contributed by atoms with van der Waals surface area (Å²) in [5.74, 6) is 0.292. The van der Waals surface area contributed by atoms with Gasteiger partial charge in [0.05, 0.1) is 11.4 Å². The van der Waals surface area contributed by atoms with Gasteiger partial charge in [-0.25, -0.2) is 4.39 Å². The van der Waals surface area contributed by atoms with Crippen LogP contribution >= 0.6 is 0 Å². The SMILES string of the molecule is Cc1ccc2c(c1)N(CCC(=O)N1CCN(c3ccccc3F)CC1)C(=O)CO2. The molecule has 0 radical (unpaired) electrons. The molecule has 1 fully saturated rings. The molecule has 6 nitrogen and oxygen atoms in total. The van der Waals surface area contributed by atoms with E-state index >= 15 is 0 Å². The highest BCUT2D eigenvalue weighted by Gasteiger charge is 2.28. The number of aryl methyl sites for hydroxylation is 1. The summed E-state index contributed by atoms with van der Waals surface area (Å²) in [7, 11) is 0. The zero-order valence-corrected chi connectivity index (χ0v) is 16.4. The summed E-state index contributed by atoms with van der Waals surface area (Å²) in [4.78, 5) is 30.4. The number of halogens is 1. The maximum atomic E-state index is 14.0.